The van der Waals surface area contributed by atoms with E-state index >= 15 is 0 Å². The molecule has 6 nitrogen and oxygen atoms in total. The average molecular weight is 533 g/mol. The largest absolute Gasteiger partial charge is 0.458 e. The Morgan fingerprint density at radius 1 is 1.03 bits per heavy atom. The molecule has 0 saturated carbocycles. The molecule has 0 radical (unpaired) electrons. The summed E-state index contributed by atoms with van der Waals surface area (Å²) in [6.45, 7) is 6.92. The molecule has 2 aliphatic heterocycles. The van der Waals surface area contributed by atoms with Gasteiger partial charge >= 0.3 is 11.9 Å². The molecular formula is C29H34ClFO6. The summed E-state index contributed by atoms with van der Waals surface area (Å²) in [7, 11) is 0. The van der Waals surface area contributed by atoms with Crippen LogP contribution in [0.4, 0.5) is 4.39 Å². The number of carbonyl (C=O) groups excluding carboxylic acids is 2. The zero-order valence-electron chi connectivity index (χ0n) is 21.7. The summed E-state index contributed by atoms with van der Waals surface area (Å²) in [5, 5.41) is 0.596. The van der Waals surface area contributed by atoms with Crippen molar-refractivity contribution < 1.29 is 32.9 Å². The van der Waals surface area contributed by atoms with Crippen LogP contribution in [0.2, 0.25) is 5.02 Å². The van der Waals surface area contributed by atoms with Gasteiger partial charge in [0.25, 0.3) is 0 Å². The highest BCUT2D eigenvalue weighted by Gasteiger charge is 2.47. The Labute approximate surface area is 222 Å². The minimum absolute atomic E-state index is 0.144. The molecular weight excluding hydrogens is 499 g/mol. The van der Waals surface area contributed by atoms with Crippen molar-refractivity contribution in [2.24, 2.45) is 5.92 Å². The molecule has 200 valence electrons. The van der Waals surface area contributed by atoms with Crippen molar-refractivity contribution in [3.8, 4) is 0 Å². The second-order valence-electron chi connectivity index (χ2n) is 10.2. The highest BCUT2D eigenvalue weighted by Crippen LogP contribution is 2.40. The maximum Gasteiger partial charge on any atom is 0.303 e. The number of halogens is 2. The summed E-state index contributed by atoms with van der Waals surface area (Å²) >= 11 is 6.57. The summed E-state index contributed by atoms with van der Waals surface area (Å²) in [4.78, 5) is 23.9. The van der Waals surface area contributed by atoms with Gasteiger partial charge in [-0.15, -0.1) is 0 Å². The van der Waals surface area contributed by atoms with Crippen LogP contribution in [0.25, 0.3) is 0 Å². The lowest BCUT2D eigenvalue weighted by molar-refractivity contribution is -0.225. The van der Waals surface area contributed by atoms with Crippen molar-refractivity contribution in [2.45, 2.75) is 77.0 Å². The fourth-order valence-corrected chi connectivity index (χ4v) is 5.37. The fraction of sp³-hybridized carbons (Fsp3) is 0.517. The summed E-state index contributed by atoms with van der Waals surface area (Å²) < 4.78 is 37.1. The van der Waals surface area contributed by atoms with Gasteiger partial charge in [0.05, 0.1) is 19.3 Å². The van der Waals surface area contributed by atoms with Crippen molar-refractivity contribution in [2.75, 3.05) is 13.2 Å². The van der Waals surface area contributed by atoms with Crippen LogP contribution in [0.3, 0.4) is 0 Å². The molecule has 2 aliphatic rings. The highest BCUT2D eigenvalue weighted by molar-refractivity contribution is 6.31. The van der Waals surface area contributed by atoms with E-state index in [4.69, 9.17) is 30.5 Å². The first kappa shape index (κ1) is 27.6. The van der Waals surface area contributed by atoms with Gasteiger partial charge in [0, 0.05) is 31.2 Å². The summed E-state index contributed by atoms with van der Waals surface area (Å²) in [5.41, 5.74) is 2.34. The second-order valence-corrected chi connectivity index (χ2v) is 10.6. The van der Waals surface area contributed by atoms with Crippen molar-refractivity contribution in [3.05, 3.63) is 69.7 Å². The van der Waals surface area contributed by atoms with Crippen LogP contribution in [0, 0.1) is 5.92 Å². The molecule has 0 spiro atoms. The second kappa shape index (κ2) is 11.5. The summed E-state index contributed by atoms with van der Waals surface area (Å²) in [5.74, 6) is -1.07. The van der Waals surface area contributed by atoms with Crippen LogP contribution >= 0.6 is 11.6 Å². The molecule has 0 bridgehead atoms. The molecule has 2 heterocycles. The molecule has 2 aromatic rings. The molecule has 2 fully saturated rings. The van der Waals surface area contributed by atoms with Crippen LogP contribution in [-0.2, 0) is 41.4 Å². The van der Waals surface area contributed by atoms with Gasteiger partial charge in [-0.3, -0.25) is 9.59 Å². The van der Waals surface area contributed by atoms with E-state index in [1.54, 1.807) is 6.07 Å². The van der Waals surface area contributed by atoms with Gasteiger partial charge in [-0.1, -0.05) is 61.8 Å². The van der Waals surface area contributed by atoms with E-state index in [-0.39, 0.29) is 25.2 Å². The lowest BCUT2D eigenvalue weighted by Crippen LogP contribution is -2.52. The Hall–Kier alpha value is -2.48. The van der Waals surface area contributed by atoms with E-state index in [1.165, 1.54) is 13.8 Å². The van der Waals surface area contributed by atoms with Gasteiger partial charge in [-0.05, 0) is 41.2 Å². The van der Waals surface area contributed by atoms with Gasteiger partial charge in [-0.25, -0.2) is 4.39 Å². The molecule has 2 aromatic carbocycles. The average Bonchev–Trinajstić information content (AvgIpc) is 2.83. The fourth-order valence-electron chi connectivity index (χ4n) is 5.19. The third kappa shape index (κ3) is 6.51. The lowest BCUT2D eigenvalue weighted by Gasteiger charge is -2.44. The minimum atomic E-state index is -1.27. The molecule has 0 aromatic heterocycles. The standard InChI is InChI=1S/C29H34ClFO6/c1-5-25-17(2)26(35-18(3)32)28(36-19(4)33)27(37-25)22-10-11-24(30)23(13-22)12-20-6-8-21(9-7-20)14-29(31)15-34-16-29/h6-11,13,17,25-28H,5,12,14-16H2,1-4H3/t17-,25-,26+,27+,28-/m1/s1. The smallest absolute Gasteiger partial charge is 0.303 e. The van der Waals surface area contributed by atoms with E-state index < -0.39 is 35.9 Å². The lowest BCUT2D eigenvalue weighted by atomic mass is 9.84. The highest BCUT2D eigenvalue weighted by atomic mass is 35.5. The quantitative estimate of drug-likeness (QED) is 0.414. The normalized spacial score (nSPS) is 26.7. The molecule has 8 heteroatoms. The third-order valence-electron chi connectivity index (χ3n) is 7.11. The van der Waals surface area contributed by atoms with E-state index in [0.29, 0.717) is 24.3 Å². The Morgan fingerprint density at radius 3 is 2.22 bits per heavy atom. The first-order valence-corrected chi connectivity index (χ1v) is 13.1. The third-order valence-corrected chi connectivity index (χ3v) is 7.48. The van der Waals surface area contributed by atoms with Gasteiger partial charge in [-0.2, -0.15) is 0 Å². The maximum absolute atomic E-state index is 14.4. The molecule has 0 amide bonds. The van der Waals surface area contributed by atoms with Crippen molar-refractivity contribution in [1.29, 1.82) is 0 Å². The molecule has 4 rings (SSSR count). The van der Waals surface area contributed by atoms with Crippen LogP contribution in [0.1, 0.15) is 62.5 Å². The van der Waals surface area contributed by atoms with E-state index in [1.807, 2.05) is 50.2 Å². The van der Waals surface area contributed by atoms with Crippen molar-refractivity contribution in [1.82, 2.24) is 0 Å². The van der Waals surface area contributed by atoms with Crippen LogP contribution in [0.15, 0.2) is 42.5 Å². The Kier molecular flexibility index (Phi) is 8.56. The number of carbonyl (C=O) groups is 2. The van der Waals surface area contributed by atoms with Crippen LogP contribution in [-0.4, -0.2) is 49.1 Å². The number of hydrogen-bond acceptors (Lipinski definition) is 6. The van der Waals surface area contributed by atoms with Crippen LogP contribution < -0.4 is 0 Å². The number of esters is 2. The zero-order valence-corrected chi connectivity index (χ0v) is 22.4. The summed E-state index contributed by atoms with van der Waals surface area (Å²) in [6, 6.07) is 13.4. The monoisotopic (exact) mass is 532 g/mol. The summed E-state index contributed by atoms with van der Waals surface area (Å²) in [6.07, 6.45) is -0.649. The SMILES string of the molecule is CC[C@H]1O[C@@H](c2ccc(Cl)c(Cc3ccc(CC4(F)COC4)cc3)c2)[C@H](OC(C)=O)[C@@H](OC(C)=O)[C@@H]1C. The van der Waals surface area contributed by atoms with E-state index in [9.17, 15) is 14.0 Å². The Bertz CT molecular complexity index is 1120. The van der Waals surface area contributed by atoms with Crippen molar-refractivity contribution in [3.63, 3.8) is 0 Å². The molecule has 0 N–H and O–H groups in total. The Morgan fingerprint density at radius 2 is 1.65 bits per heavy atom. The Balaban J connectivity index is 1.59. The van der Waals surface area contributed by atoms with Gasteiger partial charge in [0.2, 0.25) is 0 Å². The number of ether oxygens (including phenoxy) is 4. The topological polar surface area (TPSA) is 71.1 Å². The van der Waals surface area contributed by atoms with Gasteiger partial charge < -0.3 is 18.9 Å². The number of rotatable bonds is 8. The first-order valence-electron chi connectivity index (χ1n) is 12.7. The molecule has 0 aliphatic carbocycles. The number of benzene rings is 2. The van der Waals surface area contributed by atoms with E-state index in [2.05, 4.69) is 0 Å². The van der Waals surface area contributed by atoms with Gasteiger partial charge in [0.1, 0.15) is 12.2 Å². The van der Waals surface area contributed by atoms with E-state index in [0.717, 1.165) is 22.3 Å². The minimum Gasteiger partial charge on any atom is -0.458 e. The molecule has 5 atom stereocenters. The molecule has 37 heavy (non-hydrogen) atoms. The maximum atomic E-state index is 14.4. The van der Waals surface area contributed by atoms with Crippen molar-refractivity contribution >= 4 is 23.5 Å². The predicted octanol–water partition coefficient (Wildman–Crippen LogP) is 5.56. The van der Waals surface area contributed by atoms with Crippen LogP contribution in [0.5, 0.6) is 0 Å². The molecule has 0 unspecified atom stereocenters. The zero-order chi connectivity index (χ0) is 26.7. The first-order chi connectivity index (χ1) is 17.6. The molecule has 2 saturated heterocycles. The number of hydrogen-bond donors (Lipinski definition) is 0. The van der Waals surface area contributed by atoms with Gasteiger partial charge in [0.15, 0.2) is 11.8 Å². The predicted molar refractivity (Wildman–Crippen MR) is 137 cm³/mol. The number of alkyl halides is 1.